The van der Waals surface area contributed by atoms with Crippen LogP contribution in [0.2, 0.25) is 0 Å². The fourth-order valence-corrected chi connectivity index (χ4v) is 1.87. The van der Waals surface area contributed by atoms with E-state index in [1.807, 2.05) is 0 Å². The zero-order chi connectivity index (χ0) is 13.6. The second-order valence-electron chi connectivity index (χ2n) is 4.21. The minimum Gasteiger partial charge on any atom is -0.313 e. The van der Waals surface area contributed by atoms with Gasteiger partial charge in [0.25, 0.3) is 0 Å². The third-order valence-electron chi connectivity index (χ3n) is 2.71. The molecule has 0 spiro atoms. The lowest BCUT2D eigenvalue weighted by molar-refractivity contribution is -0.137. The van der Waals surface area contributed by atoms with Crippen LogP contribution >= 0.6 is 11.8 Å². The van der Waals surface area contributed by atoms with E-state index in [1.165, 1.54) is 12.1 Å². The van der Waals surface area contributed by atoms with Gasteiger partial charge in [-0.15, -0.1) is 0 Å². The van der Waals surface area contributed by atoms with Gasteiger partial charge in [0, 0.05) is 11.8 Å². The Bertz CT molecular complexity index is 365. The summed E-state index contributed by atoms with van der Waals surface area (Å²) in [5.41, 5.74) is 0.0842. The quantitative estimate of drug-likeness (QED) is 0.791. The van der Waals surface area contributed by atoms with Crippen molar-refractivity contribution in [1.82, 2.24) is 5.32 Å². The van der Waals surface area contributed by atoms with Gasteiger partial charge in [0.15, 0.2) is 0 Å². The maximum absolute atomic E-state index is 12.5. The van der Waals surface area contributed by atoms with E-state index in [-0.39, 0.29) is 0 Å². The highest BCUT2D eigenvalue weighted by Crippen LogP contribution is 2.29. The maximum atomic E-state index is 12.5. The first-order chi connectivity index (χ1) is 8.43. The molecule has 0 amide bonds. The van der Waals surface area contributed by atoms with Crippen molar-refractivity contribution in [2.75, 3.05) is 12.8 Å². The normalized spacial score (nSPS) is 13.6. The zero-order valence-corrected chi connectivity index (χ0v) is 11.4. The van der Waals surface area contributed by atoms with Crippen molar-refractivity contribution in [3.8, 4) is 0 Å². The van der Waals surface area contributed by atoms with Crippen LogP contribution in [-0.4, -0.2) is 18.1 Å². The summed E-state index contributed by atoms with van der Waals surface area (Å²) in [4.78, 5) is 0. The van der Waals surface area contributed by atoms with Crippen LogP contribution in [-0.2, 0) is 12.7 Å². The van der Waals surface area contributed by atoms with E-state index < -0.39 is 11.7 Å². The van der Waals surface area contributed by atoms with Gasteiger partial charge in [-0.2, -0.15) is 24.9 Å². The van der Waals surface area contributed by atoms with E-state index in [2.05, 4.69) is 18.5 Å². The summed E-state index contributed by atoms with van der Waals surface area (Å²) in [6.45, 7) is 3.43. The lowest BCUT2D eigenvalue weighted by Gasteiger charge is -2.11. The molecule has 102 valence electrons. The molecule has 18 heavy (non-hydrogen) atoms. The van der Waals surface area contributed by atoms with Crippen molar-refractivity contribution in [2.24, 2.45) is 0 Å². The molecular weight excluding hydrogens is 259 g/mol. The largest absolute Gasteiger partial charge is 0.416 e. The first kappa shape index (κ1) is 15.4. The highest BCUT2D eigenvalue weighted by molar-refractivity contribution is 7.99. The molecule has 1 atom stereocenters. The summed E-state index contributed by atoms with van der Waals surface area (Å²) in [5.74, 6) is 0. The summed E-state index contributed by atoms with van der Waals surface area (Å²) < 4.78 is 37.5. The molecule has 1 aromatic carbocycles. The summed E-state index contributed by atoms with van der Waals surface area (Å²) in [6, 6.07) is 5.45. The molecule has 1 unspecified atom stereocenters. The Balaban J connectivity index is 2.43. The fourth-order valence-electron chi connectivity index (χ4n) is 1.51. The van der Waals surface area contributed by atoms with Crippen molar-refractivity contribution in [3.63, 3.8) is 0 Å². The van der Waals surface area contributed by atoms with Gasteiger partial charge in [-0.1, -0.05) is 25.1 Å². The molecule has 1 nitrogen and oxygen atoms in total. The maximum Gasteiger partial charge on any atom is 0.416 e. The van der Waals surface area contributed by atoms with Gasteiger partial charge in [-0.3, -0.25) is 0 Å². The molecule has 1 rings (SSSR count). The molecule has 0 aliphatic carbocycles. The number of alkyl halides is 3. The van der Waals surface area contributed by atoms with Crippen LogP contribution in [0, 0.1) is 0 Å². The summed E-state index contributed by atoms with van der Waals surface area (Å²) in [7, 11) is 0. The Hall–Kier alpha value is -0.680. The Kier molecular flexibility index (Phi) is 6.02. The summed E-state index contributed by atoms with van der Waals surface area (Å²) in [5, 5.41) is 3.73. The van der Waals surface area contributed by atoms with Crippen molar-refractivity contribution in [1.29, 1.82) is 0 Å². The molecule has 0 saturated heterocycles. The van der Waals surface area contributed by atoms with E-state index in [0.29, 0.717) is 17.4 Å². The van der Waals surface area contributed by atoms with Crippen LogP contribution < -0.4 is 5.32 Å². The molecule has 0 aliphatic heterocycles. The second kappa shape index (κ2) is 7.04. The van der Waals surface area contributed by atoms with E-state index in [0.717, 1.165) is 19.0 Å². The molecule has 0 aromatic heterocycles. The number of nitrogens with one attached hydrogen (secondary N) is 1. The van der Waals surface area contributed by atoms with Crippen molar-refractivity contribution >= 4 is 11.8 Å². The second-order valence-corrected chi connectivity index (χ2v) is 5.49. The first-order valence-electron chi connectivity index (χ1n) is 5.83. The predicted molar refractivity (Wildman–Crippen MR) is 70.7 cm³/mol. The molecule has 5 heteroatoms. The lowest BCUT2D eigenvalue weighted by atomic mass is 10.1. The number of rotatable bonds is 6. The van der Waals surface area contributed by atoms with E-state index in [9.17, 15) is 13.2 Å². The topological polar surface area (TPSA) is 12.0 Å². The first-order valence-corrected chi connectivity index (χ1v) is 7.12. The molecular formula is C13H18F3NS. The minimum atomic E-state index is -4.26. The number of hydrogen-bond acceptors (Lipinski definition) is 2. The Morgan fingerprint density at radius 1 is 1.33 bits per heavy atom. The van der Waals surface area contributed by atoms with Gasteiger partial charge in [-0.25, -0.2) is 0 Å². The molecule has 1 aromatic rings. The Morgan fingerprint density at radius 3 is 2.67 bits per heavy atom. The van der Waals surface area contributed by atoms with Crippen LogP contribution in [0.3, 0.4) is 0 Å². The van der Waals surface area contributed by atoms with Gasteiger partial charge < -0.3 is 5.32 Å². The van der Waals surface area contributed by atoms with Crippen LogP contribution in [0.25, 0.3) is 0 Å². The molecule has 1 N–H and O–H groups in total. The van der Waals surface area contributed by atoms with Gasteiger partial charge in [0.2, 0.25) is 0 Å². The Labute approximate surface area is 110 Å². The van der Waals surface area contributed by atoms with Gasteiger partial charge in [-0.05, 0) is 30.9 Å². The van der Waals surface area contributed by atoms with Gasteiger partial charge in [0.05, 0.1) is 5.56 Å². The average Bonchev–Trinajstić information content (AvgIpc) is 2.33. The van der Waals surface area contributed by atoms with Crippen LogP contribution in [0.1, 0.15) is 24.5 Å². The molecule has 0 radical (unpaired) electrons. The van der Waals surface area contributed by atoms with Crippen molar-refractivity contribution in [2.45, 2.75) is 31.3 Å². The number of hydrogen-bond donors (Lipinski definition) is 1. The average molecular weight is 277 g/mol. The van der Waals surface area contributed by atoms with Gasteiger partial charge in [0.1, 0.15) is 0 Å². The SMILES string of the molecule is CSC(C)CCNCc1cccc(C(F)(F)F)c1. The fraction of sp³-hybridized carbons (Fsp3) is 0.538. The summed E-state index contributed by atoms with van der Waals surface area (Å²) in [6.07, 6.45) is -1.19. The third-order valence-corrected chi connectivity index (χ3v) is 3.75. The molecule has 0 aliphatic rings. The lowest BCUT2D eigenvalue weighted by Crippen LogP contribution is -2.18. The molecule has 0 fully saturated rings. The number of thioether (sulfide) groups is 1. The van der Waals surface area contributed by atoms with Crippen molar-refractivity contribution in [3.05, 3.63) is 35.4 Å². The third kappa shape index (κ3) is 5.31. The highest BCUT2D eigenvalue weighted by atomic mass is 32.2. The molecule has 0 saturated carbocycles. The van der Waals surface area contributed by atoms with Gasteiger partial charge >= 0.3 is 6.18 Å². The molecule has 0 bridgehead atoms. The van der Waals surface area contributed by atoms with Crippen LogP contribution in [0.4, 0.5) is 13.2 Å². The number of halogens is 3. The number of benzene rings is 1. The minimum absolute atomic E-state index is 0.477. The van der Waals surface area contributed by atoms with Crippen LogP contribution in [0.5, 0.6) is 0 Å². The highest BCUT2D eigenvalue weighted by Gasteiger charge is 2.30. The van der Waals surface area contributed by atoms with E-state index in [4.69, 9.17) is 0 Å². The predicted octanol–water partition coefficient (Wildman–Crippen LogP) is 3.94. The smallest absolute Gasteiger partial charge is 0.313 e. The summed E-state index contributed by atoms with van der Waals surface area (Å²) >= 11 is 1.79. The van der Waals surface area contributed by atoms with E-state index in [1.54, 1.807) is 17.8 Å². The molecule has 0 heterocycles. The van der Waals surface area contributed by atoms with E-state index >= 15 is 0 Å². The standard InChI is InChI=1S/C13H18F3NS/c1-10(18-2)6-7-17-9-11-4-3-5-12(8-11)13(14,15)16/h3-5,8,10,17H,6-7,9H2,1-2H3. The monoisotopic (exact) mass is 277 g/mol. The zero-order valence-electron chi connectivity index (χ0n) is 10.6. The van der Waals surface area contributed by atoms with Crippen molar-refractivity contribution < 1.29 is 13.2 Å². The van der Waals surface area contributed by atoms with Crippen LogP contribution in [0.15, 0.2) is 24.3 Å². The Morgan fingerprint density at radius 2 is 2.06 bits per heavy atom.